The standard InChI is InChI=1S/C11H17N3O2S/c1-3-11(4-2,9(12)17)10(15)13-7-8-5-6-16-14-8/h5-6H,3-4,7H2,1-2H3,(H2,12,17)(H,13,15). The summed E-state index contributed by atoms with van der Waals surface area (Å²) >= 11 is 5.00. The number of carbonyl (C=O) groups is 1. The van der Waals surface area contributed by atoms with Gasteiger partial charge in [0, 0.05) is 6.07 Å². The van der Waals surface area contributed by atoms with Gasteiger partial charge in [-0.3, -0.25) is 4.79 Å². The Morgan fingerprint density at radius 1 is 1.59 bits per heavy atom. The van der Waals surface area contributed by atoms with Crippen molar-refractivity contribution in [1.82, 2.24) is 10.5 Å². The first-order valence-electron chi connectivity index (χ1n) is 5.54. The minimum absolute atomic E-state index is 0.155. The third-order valence-corrected chi connectivity index (χ3v) is 3.43. The molecule has 1 heterocycles. The lowest BCUT2D eigenvalue weighted by atomic mass is 9.81. The third kappa shape index (κ3) is 2.82. The molecule has 0 bridgehead atoms. The quantitative estimate of drug-likeness (QED) is 0.751. The average Bonchev–Trinajstić information content (AvgIpc) is 2.81. The molecular formula is C11H17N3O2S. The van der Waals surface area contributed by atoms with Gasteiger partial charge >= 0.3 is 0 Å². The van der Waals surface area contributed by atoms with Crippen molar-refractivity contribution < 1.29 is 9.32 Å². The molecule has 0 aliphatic rings. The van der Waals surface area contributed by atoms with Crippen molar-refractivity contribution in [1.29, 1.82) is 0 Å². The minimum atomic E-state index is -0.765. The monoisotopic (exact) mass is 255 g/mol. The van der Waals surface area contributed by atoms with Crippen LogP contribution in [0.1, 0.15) is 32.4 Å². The Bertz CT molecular complexity index is 385. The van der Waals surface area contributed by atoms with Crippen molar-refractivity contribution in [3.8, 4) is 0 Å². The van der Waals surface area contributed by atoms with E-state index in [-0.39, 0.29) is 10.9 Å². The zero-order valence-electron chi connectivity index (χ0n) is 10.0. The summed E-state index contributed by atoms with van der Waals surface area (Å²) in [7, 11) is 0. The van der Waals surface area contributed by atoms with Crippen LogP contribution >= 0.6 is 12.2 Å². The van der Waals surface area contributed by atoms with Crippen LogP contribution in [0.3, 0.4) is 0 Å². The normalized spacial score (nSPS) is 11.2. The van der Waals surface area contributed by atoms with E-state index in [4.69, 9.17) is 18.0 Å². The van der Waals surface area contributed by atoms with E-state index in [1.165, 1.54) is 6.26 Å². The average molecular weight is 255 g/mol. The number of nitrogens with two attached hydrogens (primary N) is 1. The Morgan fingerprint density at radius 2 is 2.24 bits per heavy atom. The molecule has 1 amide bonds. The molecule has 0 unspecified atom stereocenters. The van der Waals surface area contributed by atoms with Crippen LogP contribution in [-0.4, -0.2) is 16.1 Å². The SMILES string of the molecule is CCC(CC)(C(=O)NCc1ccon1)C(N)=S. The lowest BCUT2D eigenvalue weighted by Crippen LogP contribution is -2.48. The van der Waals surface area contributed by atoms with Crippen LogP contribution in [0, 0.1) is 5.41 Å². The van der Waals surface area contributed by atoms with Gasteiger partial charge in [0.15, 0.2) is 0 Å². The van der Waals surface area contributed by atoms with E-state index in [9.17, 15) is 4.79 Å². The molecule has 0 aliphatic carbocycles. The summed E-state index contributed by atoms with van der Waals surface area (Å²) in [5.74, 6) is -0.155. The Balaban J connectivity index is 2.69. The Labute approximate surface area is 106 Å². The first-order chi connectivity index (χ1) is 8.06. The molecule has 0 aromatic carbocycles. The van der Waals surface area contributed by atoms with Crippen molar-refractivity contribution >= 4 is 23.1 Å². The van der Waals surface area contributed by atoms with E-state index >= 15 is 0 Å². The number of rotatable bonds is 6. The van der Waals surface area contributed by atoms with Crippen LogP contribution in [0.15, 0.2) is 16.9 Å². The maximum absolute atomic E-state index is 12.1. The molecule has 1 aromatic rings. The van der Waals surface area contributed by atoms with Gasteiger partial charge in [0.05, 0.1) is 16.9 Å². The molecule has 1 rings (SSSR count). The molecule has 0 atom stereocenters. The highest BCUT2D eigenvalue weighted by molar-refractivity contribution is 7.80. The van der Waals surface area contributed by atoms with Gasteiger partial charge in [-0.25, -0.2) is 0 Å². The Kier molecular flexibility index (Phi) is 4.62. The highest BCUT2D eigenvalue weighted by Crippen LogP contribution is 2.27. The van der Waals surface area contributed by atoms with E-state index in [0.29, 0.717) is 25.1 Å². The Hall–Kier alpha value is -1.43. The van der Waals surface area contributed by atoms with E-state index in [1.54, 1.807) is 6.07 Å². The van der Waals surface area contributed by atoms with E-state index < -0.39 is 5.41 Å². The summed E-state index contributed by atoms with van der Waals surface area (Å²) in [5.41, 5.74) is 5.58. The fourth-order valence-corrected chi connectivity index (χ4v) is 2.08. The van der Waals surface area contributed by atoms with Crippen molar-refractivity contribution in [2.24, 2.45) is 11.1 Å². The van der Waals surface area contributed by atoms with E-state index in [1.807, 2.05) is 13.8 Å². The number of carbonyl (C=O) groups excluding carboxylic acids is 1. The zero-order valence-corrected chi connectivity index (χ0v) is 10.8. The summed E-state index contributed by atoms with van der Waals surface area (Å²) in [6.07, 6.45) is 2.63. The van der Waals surface area contributed by atoms with Gasteiger partial charge in [0.25, 0.3) is 0 Å². The maximum Gasteiger partial charge on any atom is 0.233 e. The molecule has 94 valence electrons. The molecular weight excluding hydrogens is 238 g/mol. The van der Waals surface area contributed by atoms with Crippen molar-refractivity contribution in [3.05, 3.63) is 18.0 Å². The predicted octanol–water partition coefficient (Wildman–Crippen LogP) is 1.38. The van der Waals surface area contributed by atoms with Crippen LogP contribution in [0.25, 0.3) is 0 Å². The molecule has 1 aromatic heterocycles. The number of aromatic nitrogens is 1. The number of nitrogens with one attached hydrogen (secondary N) is 1. The summed E-state index contributed by atoms with van der Waals surface area (Å²) in [4.78, 5) is 12.4. The molecule has 0 radical (unpaired) electrons. The molecule has 0 aliphatic heterocycles. The largest absolute Gasteiger partial charge is 0.392 e. The first-order valence-corrected chi connectivity index (χ1v) is 5.95. The summed E-state index contributed by atoms with van der Waals surface area (Å²) < 4.78 is 4.68. The second-order valence-corrected chi connectivity index (χ2v) is 4.27. The fourth-order valence-electron chi connectivity index (χ4n) is 1.70. The summed E-state index contributed by atoms with van der Waals surface area (Å²) in [5, 5.41) is 6.49. The molecule has 0 spiro atoms. The molecule has 6 heteroatoms. The first kappa shape index (κ1) is 13.6. The number of hydrogen-bond donors (Lipinski definition) is 2. The molecule has 17 heavy (non-hydrogen) atoms. The number of thiocarbonyl (C=S) groups is 1. The lowest BCUT2D eigenvalue weighted by molar-refractivity contribution is -0.128. The van der Waals surface area contributed by atoms with Gasteiger partial charge in [-0.1, -0.05) is 31.2 Å². The molecule has 0 saturated carbocycles. The van der Waals surface area contributed by atoms with Gasteiger partial charge in [0.1, 0.15) is 12.0 Å². The smallest absolute Gasteiger partial charge is 0.233 e. The summed E-state index contributed by atoms with van der Waals surface area (Å²) in [6.45, 7) is 4.12. The highest BCUT2D eigenvalue weighted by Gasteiger charge is 2.37. The second-order valence-electron chi connectivity index (χ2n) is 3.83. The second kappa shape index (κ2) is 5.77. The van der Waals surface area contributed by atoms with Crippen LogP contribution in [-0.2, 0) is 11.3 Å². The topological polar surface area (TPSA) is 81.2 Å². The number of hydrogen-bond acceptors (Lipinski definition) is 4. The predicted molar refractivity (Wildman–Crippen MR) is 68.2 cm³/mol. The molecule has 0 saturated heterocycles. The highest BCUT2D eigenvalue weighted by atomic mass is 32.1. The van der Waals surface area contributed by atoms with Gasteiger partial charge < -0.3 is 15.6 Å². The van der Waals surface area contributed by atoms with E-state index in [0.717, 1.165) is 0 Å². The van der Waals surface area contributed by atoms with Gasteiger partial charge in [-0.15, -0.1) is 0 Å². The third-order valence-electron chi connectivity index (χ3n) is 3.03. The van der Waals surface area contributed by atoms with Gasteiger partial charge in [-0.05, 0) is 12.8 Å². The fraction of sp³-hybridized carbons (Fsp3) is 0.545. The van der Waals surface area contributed by atoms with Crippen molar-refractivity contribution in [3.63, 3.8) is 0 Å². The zero-order chi connectivity index (χ0) is 12.9. The van der Waals surface area contributed by atoms with Gasteiger partial charge in [0.2, 0.25) is 5.91 Å². The van der Waals surface area contributed by atoms with E-state index in [2.05, 4.69) is 15.0 Å². The lowest BCUT2D eigenvalue weighted by Gasteiger charge is -2.28. The van der Waals surface area contributed by atoms with Crippen LogP contribution in [0.2, 0.25) is 0 Å². The van der Waals surface area contributed by atoms with Crippen LogP contribution < -0.4 is 11.1 Å². The van der Waals surface area contributed by atoms with Crippen LogP contribution in [0.5, 0.6) is 0 Å². The minimum Gasteiger partial charge on any atom is -0.392 e. The number of nitrogens with zero attached hydrogens (tertiary/aromatic N) is 1. The maximum atomic E-state index is 12.1. The van der Waals surface area contributed by atoms with Crippen molar-refractivity contribution in [2.75, 3.05) is 0 Å². The summed E-state index contributed by atoms with van der Waals surface area (Å²) in [6, 6.07) is 1.70. The molecule has 0 fully saturated rings. The number of amides is 1. The van der Waals surface area contributed by atoms with Gasteiger partial charge in [-0.2, -0.15) is 0 Å². The molecule has 5 nitrogen and oxygen atoms in total. The van der Waals surface area contributed by atoms with Crippen molar-refractivity contribution in [2.45, 2.75) is 33.2 Å². The Morgan fingerprint density at radius 3 is 2.65 bits per heavy atom. The van der Waals surface area contributed by atoms with Crippen LogP contribution in [0.4, 0.5) is 0 Å². The molecule has 3 N–H and O–H groups in total.